The summed E-state index contributed by atoms with van der Waals surface area (Å²) in [6.07, 6.45) is 0. The van der Waals surface area contributed by atoms with Crippen LogP contribution in [0.1, 0.15) is 22.4 Å². The van der Waals surface area contributed by atoms with Crippen LogP contribution in [0, 0.1) is 19.3 Å². The maximum atomic E-state index is 7.66. The van der Waals surface area contributed by atoms with Gasteiger partial charge in [0.25, 0.3) is 0 Å². The largest absolute Gasteiger partial charge is 0.471 e. The van der Waals surface area contributed by atoms with E-state index in [1.807, 2.05) is 38.1 Å². The third kappa shape index (κ3) is 2.96. The highest BCUT2D eigenvalue weighted by Crippen LogP contribution is 2.22. The zero-order valence-corrected chi connectivity index (χ0v) is 12.9. The third-order valence-electron chi connectivity index (χ3n) is 3.01. The van der Waals surface area contributed by atoms with E-state index in [-0.39, 0.29) is 11.7 Å². The van der Waals surface area contributed by atoms with Crippen LogP contribution in [0.15, 0.2) is 28.7 Å². The van der Waals surface area contributed by atoms with E-state index in [1.54, 1.807) is 0 Å². The molecule has 2 aromatic rings. The molecule has 0 atom stereocenters. The minimum atomic E-state index is -0.0670. The first-order valence-corrected chi connectivity index (χ1v) is 6.84. The van der Waals surface area contributed by atoms with Crippen LogP contribution in [0.4, 0.5) is 0 Å². The maximum Gasteiger partial charge on any atom is 0.245 e. The number of nitrogen functional groups attached to an aromatic ring is 1. The van der Waals surface area contributed by atoms with Crippen molar-refractivity contribution in [2.75, 3.05) is 0 Å². The summed E-state index contributed by atoms with van der Waals surface area (Å²) in [4.78, 5) is 0. The Morgan fingerprint density at radius 1 is 1.30 bits per heavy atom. The van der Waals surface area contributed by atoms with Gasteiger partial charge in [0.1, 0.15) is 12.4 Å². The Kier molecular flexibility index (Phi) is 4.34. The van der Waals surface area contributed by atoms with Crippen LogP contribution in [-0.2, 0) is 6.61 Å². The topological polar surface area (TPSA) is 84.9 Å². The van der Waals surface area contributed by atoms with Crippen molar-refractivity contribution in [1.82, 2.24) is 10.2 Å². The molecule has 5 nitrogen and oxygen atoms in total. The van der Waals surface area contributed by atoms with Gasteiger partial charge in [0.2, 0.25) is 5.88 Å². The van der Waals surface area contributed by atoms with Gasteiger partial charge in [-0.25, -0.2) is 0 Å². The second kappa shape index (κ2) is 6.00. The van der Waals surface area contributed by atoms with Crippen molar-refractivity contribution in [2.45, 2.75) is 20.5 Å². The molecule has 0 aliphatic heterocycles. The molecule has 6 heteroatoms. The normalized spacial score (nSPS) is 10.3. The van der Waals surface area contributed by atoms with E-state index in [0.717, 1.165) is 21.3 Å². The van der Waals surface area contributed by atoms with Gasteiger partial charge in [-0.1, -0.05) is 34.1 Å². The lowest BCUT2D eigenvalue weighted by atomic mass is 10.1. The monoisotopic (exact) mass is 334 g/mol. The van der Waals surface area contributed by atoms with Gasteiger partial charge in [-0.2, -0.15) is 5.10 Å². The van der Waals surface area contributed by atoms with Crippen LogP contribution in [0.25, 0.3) is 0 Å². The molecule has 0 fully saturated rings. The summed E-state index contributed by atoms with van der Waals surface area (Å²) >= 11 is 3.46. The lowest BCUT2D eigenvalue weighted by molar-refractivity contribution is 0.288. The van der Waals surface area contributed by atoms with Gasteiger partial charge in [-0.15, -0.1) is 5.10 Å². The summed E-state index contributed by atoms with van der Waals surface area (Å²) in [5.74, 6) is 0.221. The lowest BCUT2D eigenvalue weighted by Gasteiger charge is -2.13. The maximum absolute atomic E-state index is 7.66. The van der Waals surface area contributed by atoms with Gasteiger partial charge in [0, 0.05) is 10.0 Å². The number of ether oxygens (including phenoxy) is 1. The molecule has 0 unspecified atom stereocenters. The second-order valence-corrected chi connectivity index (χ2v) is 5.24. The van der Waals surface area contributed by atoms with E-state index < -0.39 is 0 Å². The van der Waals surface area contributed by atoms with Crippen LogP contribution in [0.3, 0.4) is 0 Å². The molecule has 20 heavy (non-hydrogen) atoms. The summed E-state index contributed by atoms with van der Waals surface area (Å²) < 4.78 is 6.64. The molecule has 1 heterocycles. The van der Waals surface area contributed by atoms with Gasteiger partial charge in [0.15, 0.2) is 0 Å². The van der Waals surface area contributed by atoms with Crippen molar-refractivity contribution in [2.24, 2.45) is 5.73 Å². The molecule has 0 amide bonds. The number of rotatable bonds is 4. The molecule has 0 spiro atoms. The number of aryl methyl sites for hydroxylation is 1. The van der Waals surface area contributed by atoms with E-state index in [2.05, 4.69) is 26.1 Å². The predicted octanol–water partition coefficient (Wildman–Crippen LogP) is 2.72. The zero-order valence-electron chi connectivity index (χ0n) is 11.3. The van der Waals surface area contributed by atoms with E-state index >= 15 is 0 Å². The summed E-state index contributed by atoms with van der Waals surface area (Å²) in [7, 11) is 0. The van der Waals surface area contributed by atoms with Gasteiger partial charge in [-0.05, 0) is 25.5 Å². The van der Waals surface area contributed by atoms with Crippen LogP contribution in [0.5, 0.6) is 5.88 Å². The number of halogens is 1. The van der Waals surface area contributed by atoms with Crippen LogP contribution in [0.2, 0.25) is 0 Å². The molecular weight excluding hydrogens is 320 g/mol. The highest BCUT2D eigenvalue weighted by atomic mass is 79.9. The molecule has 3 N–H and O–H groups in total. The fourth-order valence-electron chi connectivity index (χ4n) is 1.77. The Morgan fingerprint density at radius 2 is 2.00 bits per heavy atom. The summed E-state index contributed by atoms with van der Waals surface area (Å²) in [5.41, 5.74) is 8.66. The van der Waals surface area contributed by atoms with Gasteiger partial charge in [0.05, 0.1) is 11.3 Å². The molecule has 1 aromatic carbocycles. The second-order valence-electron chi connectivity index (χ2n) is 4.38. The fraction of sp³-hybridized carbons (Fsp3) is 0.214. The van der Waals surface area contributed by atoms with E-state index in [9.17, 15) is 0 Å². The Bertz CT molecular complexity index is 658. The number of nitrogens with two attached hydrogens (primary N) is 1. The molecule has 0 radical (unpaired) electrons. The first-order chi connectivity index (χ1) is 9.50. The van der Waals surface area contributed by atoms with Gasteiger partial charge in [-0.3, -0.25) is 5.41 Å². The molecule has 0 aliphatic rings. The molecular formula is C14H15BrN4O. The van der Waals surface area contributed by atoms with E-state index in [1.165, 1.54) is 0 Å². The Hall–Kier alpha value is -1.95. The van der Waals surface area contributed by atoms with Crippen LogP contribution in [-0.4, -0.2) is 16.0 Å². The highest BCUT2D eigenvalue weighted by molar-refractivity contribution is 9.10. The van der Waals surface area contributed by atoms with Crippen LogP contribution < -0.4 is 10.5 Å². The number of hydrogen-bond donors (Lipinski definition) is 2. The first-order valence-electron chi connectivity index (χ1n) is 6.05. The number of nitrogens with one attached hydrogen (secondary N) is 1. The standard InChI is InChI=1S/C14H15BrN4O/c1-8-9(2)18-19-14(12(8)13(16)17)20-7-10-5-3-4-6-11(10)15/h3-6H,7H2,1-2H3,(H3,16,17). The van der Waals surface area contributed by atoms with Crippen molar-refractivity contribution >= 4 is 21.8 Å². The SMILES string of the molecule is Cc1nnc(OCc2ccccc2Br)c(C(=N)N)c1C. The van der Waals surface area contributed by atoms with E-state index in [0.29, 0.717) is 12.2 Å². The van der Waals surface area contributed by atoms with Crippen molar-refractivity contribution in [3.05, 3.63) is 51.1 Å². The molecule has 0 saturated carbocycles. The number of amidine groups is 1. The number of benzene rings is 1. The molecule has 2 rings (SSSR count). The number of aromatic nitrogens is 2. The molecule has 104 valence electrons. The molecule has 1 aromatic heterocycles. The van der Waals surface area contributed by atoms with Crippen LogP contribution >= 0.6 is 15.9 Å². The first kappa shape index (κ1) is 14.5. The summed E-state index contributed by atoms with van der Waals surface area (Å²) in [6, 6.07) is 7.76. The average molecular weight is 335 g/mol. The quantitative estimate of drug-likeness (QED) is 0.665. The lowest BCUT2D eigenvalue weighted by Crippen LogP contribution is -2.17. The highest BCUT2D eigenvalue weighted by Gasteiger charge is 2.15. The van der Waals surface area contributed by atoms with Crippen molar-refractivity contribution in [1.29, 1.82) is 5.41 Å². The Morgan fingerprint density at radius 3 is 2.65 bits per heavy atom. The molecule has 0 bridgehead atoms. The summed E-state index contributed by atoms with van der Waals surface area (Å²) in [5, 5.41) is 15.7. The Labute approximate surface area is 125 Å². The predicted molar refractivity (Wildman–Crippen MR) is 81.0 cm³/mol. The van der Waals surface area contributed by atoms with Crippen molar-refractivity contribution in [3.8, 4) is 5.88 Å². The van der Waals surface area contributed by atoms with Crippen molar-refractivity contribution < 1.29 is 4.74 Å². The fourth-order valence-corrected chi connectivity index (χ4v) is 2.17. The third-order valence-corrected chi connectivity index (χ3v) is 3.79. The van der Waals surface area contributed by atoms with Crippen molar-refractivity contribution in [3.63, 3.8) is 0 Å². The van der Waals surface area contributed by atoms with Gasteiger partial charge >= 0.3 is 0 Å². The van der Waals surface area contributed by atoms with Gasteiger partial charge < -0.3 is 10.5 Å². The summed E-state index contributed by atoms with van der Waals surface area (Å²) in [6.45, 7) is 4.01. The molecule has 0 aliphatic carbocycles. The smallest absolute Gasteiger partial charge is 0.245 e. The number of hydrogen-bond acceptors (Lipinski definition) is 4. The minimum absolute atomic E-state index is 0.0670. The number of nitrogens with zero attached hydrogens (tertiary/aromatic N) is 2. The van der Waals surface area contributed by atoms with E-state index in [4.69, 9.17) is 15.9 Å². The zero-order chi connectivity index (χ0) is 14.7. The molecule has 0 saturated heterocycles. The average Bonchev–Trinajstić information content (AvgIpc) is 2.41. The minimum Gasteiger partial charge on any atom is -0.471 e. The Balaban J connectivity index is 2.29.